The molecule has 3 heterocycles. The van der Waals surface area contributed by atoms with E-state index in [-0.39, 0.29) is 12.5 Å². The lowest BCUT2D eigenvalue weighted by atomic mass is 10.1. The Hall–Kier alpha value is -3.81. The molecule has 0 aliphatic heterocycles. The third kappa shape index (κ3) is 3.34. The molecule has 0 saturated heterocycles. The smallest absolute Gasteiger partial charge is 0.269 e. The van der Waals surface area contributed by atoms with Crippen LogP contribution < -0.4 is 5.32 Å². The second kappa shape index (κ2) is 6.98. The number of hydrogen-bond acceptors (Lipinski definition) is 5. The van der Waals surface area contributed by atoms with E-state index in [4.69, 9.17) is 0 Å². The normalized spacial score (nSPS) is 10.6. The predicted octanol–water partition coefficient (Wildman–Crippen LogP) is 1.98. The van der Waals surface area contributed by atoms with Crippen molar-refractivity contribution in [3.8, 4) is 16.9 Å². The first-order valence-electron chi connectivity index (χ1n) is 8.00. The van der Waals surface area contributed by atoms with E-state index < -0.39 is 0 Å². The lowest BCUT2D eigenvalue weighted by Gasteiger charge is -2.00. The van der Waals surface area contributed by atoms with Crippen molar-refractivity contribution in [1.29, 1.82) is 0 Å². The molecule has 0 bridgehead atoms. The number of aromatic nitrogens is 6. The molecule has 4 aromatic rings. The number of nitrogens with one attached hydrogen (secondary N) is 2. The molecule has 0 saturated carbocycles. The Bertz CT molecular complexity index is 1010. The van der Waals surface area contributed by atoms with Gasteiger partial charge in [-0.3, -0.25) is 14.9 Å². The first-order valence-corrected chi connectivity index (χ1v) is 8.00. The Labute approximate surface area is 148 Å². The molecule has 3 aromatic heterocycles. The molecule has 0 spiro atoms. The number of carbonyl (C=O) groups is 1. The molecular weight excluding hydrogens is 330 g/mol. The van der Waals surface area contributed by atoms with Crippen LogP contribution in [0.5, 0.6) is 0 Å². The third-order valence-electron chi connectivity index (χ3n) is 3.77. The van der Waals surface area contributed by atoms with E-state index in [2.05, 4.69) is 30.8 Å². The largest absolute Gasteiger partial charge is 0.345 e. The molecule has 1 aromatic carbocycles. The average molecular weight is 345 g/mol. The zero-order valence-electron chi connectivity index (χ0n) is 13.7. The van der Waals surface area contributed by atoms with Gasteiger partial charge in [-0.2, -0.15) is 5.10 Å². The molecule has 128 valence electrons. The second-order valence-electron chi connectivity index (χ2n) is 5.58. The maximum Gasteiger partial charge on any atom is 0.269 e. The van der Waals surface area contributed by atoms with Crippen molar-refractivity contribution in [2.75, 3.05) is 0 Å². The van der Waals surface area contributed by atoms with Gasteiger partial charge in [0, 0.05) is 11.8 Å². The van der Waals surface area contributed by atoms with Crippen LogP contribution in [-0.2, 0) is 6.54 Å². The summed E-state index contributed by atoms with van der Waals surface area (Å²) < 4.78 is 1.61. The quantitative estimate of drug-likeness (QED) is 0.576. The van der Waals surface area contributed by atoms with Crippen molar-refractivity contribution < 1.29 is 4.79 Å². The summed E-state index contributed by atoms with van der Waals surface area (Å²) in [4.78, 5) is 16.3. The zero-order valence-corrected chi connectivity index (χ0v) is 13.7. The zero-order chi connectivity index (χ0) is 17.8. The highest BCUT2D eigenvalue weighted by molar-refractivity contribution is 5.93. The van der Waals surface area contributed by atoms with E-state index in [1.165, 1.54) is 0 Å². The maximum absolute atomic E-state index is 12.3. The third-order valence-corrected chi connectivity index (χ3v) is 3.77. The fourth-order valence-electron chi connectivity index (χ4n) is 2.46. The molecule has 2 N–H and O–H groups in total. The highest BCUT2D eigenvalue weighted by atomic mass is 16.1. The molecule has 1 amide bonds. The number of pyridine rings is 1. The van der Waals surface area contributed by atoms with Gasteiger partial charge in [0.25, 0.3) is 5.91 Å². The van der Waals surface area contributed by atoms with Crippen molar-refractivity contribution in [1.82, 2.24) is 35.5 Å². The molecule has 0 atom stereocenters. The van der Waals surface area contributed by atoms with E-state index >= 15 is 0 Å². The first-order chi connectivity index (χ1) is 12.8. The van der Waals surface area contributed by atoms with Gasteiger partial charge in [0.2, 0.25) is 0 Å². The van der Waals surface area contributed by atoms with Gasteiger partial charge in [-0.25, -0.2) is 4.68 Å². The maximum atomic E-state index is 12.3. The van der Waals surface area contributed by atoms with Crippen LogP contribution in [0.2, 0.25) is 0 Å². The first kappa shape index (κ1) is 15.7. The molecule has 8 heteroatoms. The minimum Gasteiger partial charge on any atom is -0.345 e. The summed E-state index contributed by atoms with van der Waals surface area (Å²) in [7, 11) is 0. The van der Waals surface area contributed by atoms with E-state index in [1.807, 2.05) is 42.5 Å². The molecular formula is C18H15N7O. The van der Waals surface area contributed by atoms with Crippen LogP contribution in [0.25, 0.3) is 16.9 Å². The van der Waals surface area contributed by atoms with Gasteiger partial charge in [-0.15, -0.1) is 5.10 Å². The number of carbonyl (C=O) groups excluding carboxylic acids is 1. The summed E-state index contributed by atoms with van der Waals surface area (Å²) in [5.74, 6) is -0.254. The summed E-state index contributed by atoms with van der Waals surface area (Å²) >= 11 is 0. The minimum absolute atomic E-state index is 0.254. The van der Waals surface area contributed by atoms with Gasteiger partial charge in [0.05, 0.1) is 30.3 Å². The number of benzene rings is 1. The van der Waals surface area contributed by atoms with Crippen LogP contribution in [0.15, 0.2) is 67.1 Å². The Morgan fingerprint density at radius 3 is 2.85 bits per heavy atom. The standard InChI is InChI=1S/C18H15N7O/c26-18(17-9-16(22-23-17)13-5-2-1-3-6-13)20-10-14-12-25(24-21-14)15-7-4-8-19-11-15/h1-9,11-12H,10H2,(H,20,26)(H,22,23). The Morgan fingerprint density at radius 2 is 2.04 bits per heavy atom. The summed E-state index contributed by atoms with van der Waals surface area (Å²) in [6.45, 7) is 0.263. The fourth-order valence-corrected chi connectivity index (χ4v) is 2.46. The van der Waals surface area contributed by atoms with Gasteiger partial charge < -0.3 is 5.32 Å². The summed E-state index contributed by atoms with van der Waals surface area (Å²) in [5, 5.41) is 17.8. The molecule has 0 fully saturated rings. The summed E-state index contributed by atoms with van der Waals surface area (Å²) in [6.07, 6.45) is 5.13. The van der Waals surface area contributed by atoms with Crippen LogP contribution in [0.4, 0.5) is 0 Å². The van der Waals surface area contributed by atoms with Crippen LogP contribution in [-0.4, -0.2) is 36.1 Å². The molecule has 0 aliphatic carbocycles. The fraction of sp³-hybridized carbons (Fsp3) is 0.0556. The van der Waals surface area contributed by atoms with Crippen LogP contribution in [0.3, 0.4) is 0 Å². The van der Waals surface area contributed by atoms with E-state index in [0.717, 1.165) is 16.9 Å². The molecule has 4 rings (SSSR count). The second-order valence-corrected chi connectivity index (χ2v) is 5.58. The van der Waals surface area contributed by atoms with Gasteiger partial charge in [0.1, 0.15) is 11.4 Å². The monoisotopic (exact) mass is 345 g/mol. The van der Waals surface area contributed by atoms with Crippen LogP contribution in [0, 0.1) is 0 Å². The van der Waals surface area contributed by atoms with Crippen molar-refractivity contribution in [3.63, 3.8) is 0 Å². The van der Waals surface area contributed by atoms with Crippen molar-refractivity contribution in [2.45, 2.75) is 6.54 Å². The Kier molecular flexibility index (Phi) is 4.21. The summed E-state index contributed by atoms with van der Waals surface area (Å²) in [6, 6.07) is 15.1. The summed E-state index contributed by atoms with van der Waals surface area (Å²) in [5.41, 5.74) is 3.51. The SMILES string of the molecule is O=C(NCc1cn(-c2cccnc2)nn1)c1cc(-c2ccccc2)n[nH]1. The van der Waals surface area contributed by atoms with Gasteiger partial charge >= 0.3 is 0 Å². The van der Waals surface area contributed by atoms with Gasteiger partial charge in [-0.1, -0.05) is 35.5 Å². The number of nitrogens with zero attached hydrogens (tertiary/aromatic N) is 5. The molecule has 8 nitrogen and oxygen atoms in total. The highest BCUT2D eigenvalue weighted by Gasteiger charge is 2.11. The van der Waals surface area contributed by atoms with Crippen LogP contribution in [0.1, 0.15) is 16.2 Å². The highest BCUT2D eigenvalue weighted by Crippen LogP contribution is 2.16. The van der Waals surface area contributed by atoms with Gasteiger partial charge in [0.15, 0.2) is 0 Å². The topological polar surface area (TPSA) is 101 Å². The Balaban J connectivity index is 1.40. The number of amides is 1. The lowest BCUT2D eigenvalue weighted by Crippen LogP contribution is -2.23. The number of aromatic amines is 1. The van der Waals surface area contributed by atoms with Crippen molar-refractivity contribution in [3.05, 3.63) is 78.5 Å². The van der Waals surface area contributed by atoms with Crippen LogP contribution >= 0.6 is 0 Å². The van der Waals surface area contributed by atoms with Crippen molar-refractivity contribution in [2.24, 2.45) is 0 Å². The van der Waals surface area contributed by atoms with E-state index in [9.17, 15) is 4.79 Å². The van der Waals surface area contributed by atoms with E-state index in [0.29, 0.717) is 11.4 Å². The lowest BCUT2D eigenvalue weighted by molar-refractivity contribution is 0.0945. The molecule has 0 unspecified atom stereocenters. The minimum atomic E-state index is -0.254. The molecule has 0 aliphatic rings. The van der Waals surface area contributed by atoms with Gasteiger partial charge in [-0.05, 0) is 18.2 Å². The molecule has 26 heavy (non-hydrogen) atoms. The number of H-pyrrole nitrogens is 1. The number of hydrogen-bond donors (Lipinski definition) is 2. The predicted molar refractivity (Wildman–Crippen MR) is 94.3 cm³/mol. The van der Waals surface area contributed by atoms with Crippen molar-refractivity contribution >= 4 is 5.91 Å². The average Bonchev–Trinajstić information content (AvgIpc) is 3.37. The number of rotatable bonds is 5. The Morgan fingerprint density at radius 1 is 1.15 bits per heavy atom. The van der Waals surface area contributed by atoms with E-state index in [1.54, 1.807) is 29.3 Å². The molecule has 0 radical (unpaired) electrons.